The van der Waals surface area contributed by atoms with Crippen LogP contribution in [0.25, 0.3) is 21.0 Å². The maximum Gasteiger partial charge on any atom is 0.347 e. The predicted molar refractivity (Wildman–Crippen MR) is 80.7 cm³/mol. The molecule has 0 bridgehead atoms. The van der Waals surface area contributed by atoms with Gasteiger partial charge in [0.1, 0.15) is 15.8 Å². The fraction of sp³-hybridized carbons (Fsp3) is 0.0769. The quantitative estimate of drug-likeness (QED) is 0.706. The van der Waals surface area contributed by atoms with Crippen LogP contribution in [0.15, 0.2) is 18.2 Å². The summed E-state index contributed by atoms with van der Waals surface area (Å²) in [5.41, 5.74) is 0.665. The molecule has 2 aromatic heterocycles. The highest BCUT2D eigenvalue weighted by Crippen LogP contribution is 2.42. The van der Waals surface area contributed by atoms with E-state index in [4.69, 9.17) is 33.0 Å². The topological polar surface area (TPSA) is 59.4 Å². The Kier molecular flexibility index (Phi) is 3.20. The van der Waals surface area contributed by atoms with Crippen LogP contribution in [0.2, 0.25) is 10.2 Å². The molecule has 0 unspecified atom stereocenters. The molecule has 3 aromatic rings. The molecule has 0 saturated heterocycles. The monoisotopic (exact) mass is 327 g/mol. The highest BCUT2D eigenvalue weighted by atomic mass is 35.5. The van der Waals surface area contributed by atoms with Crippen LogP contribution in [0.1, 0.15) is 9.67 Å². The van der Waals surface area contributed by atoms with Gasteiger partial charge in [-0.1, -0.05) is 23.2 Å². The fourth-order valence-electron chi connectivity index (χ4n) is 2.01. The van der Waals surface area contributed by atoms with Crippen LogP contribution in [0.5, 0.6) is 5.75 Å². The smallest absolute Gasteiger partial charge is 0.347 e. The van der Waals surface area contributed by atoms with Crippen molar-refractivity contribution in [2.75, 3.05) is 7.11 Å². The molecule has 4 nitrogen and oxygen atoms in total. The van der Waals surface area contributed by atoms with Gasteiger partial charge in [0.25, 0.3) is 0 Å². The van der Waals surface area contributed by atoms with Gasteiger partial charge in [0.05, 0.1) is 23.0 Å². The molecule has 0 aliphatic carbocycles. The molecule has 0 saturated carbocycles. The molecule has 0 amide bonds. The summed E-state index contributed by atoms with van der Waals surface area (Å²) >= 11 is 13.3. The van der Waals surface area contributed by atoms with E-state index in [1.54, 1.807) is 25.3 Å². The van der Waals surface area contributed by atoms with Crippen molar-refractivity contribution in [1.82, 2.24) is 4.98 Å². The number of halogens is 2. The van der Waals surface area contributed by atoms with Gasteiger partial charge < -0.3 is 9.84 Å². The number of carboxylic acid groups (broad SMARTS) is 1. The summed E-state index contributed by atoms with van der Waals surface area (Å²) in [6.07, 6.45) is 0. The lowest BCUT2D eigenvalue weighted by Gasteiger charge is -2.04. The Labute approximate surface area is 127 Å². The molecule has 0 fully saturated rings. The second kappa shape index (κ2) is 4.77. The van der Waals surface area contributed by atoms with Gasteiger partial charge in [-0.3, -0.25) is 0 Å². The number of carboxylic acids is 1. The van der Waals surface area contributed by atoms with Crippen LogP contribution in [0, 0.1) is 0 Å². The molecule has 3 rings (SSSR count). The summed E-state index contributed by atoms with van der Waals surface area (Å²) in [5, 5.41) is 10.7. The molecule has 0 spiro atoms. The van der Waals surface area contributed by atoms with Gasteiger partial charge in [-0.2, -0.15) is 0 Å². The Morgan fingerprint density at radius 3 is 2.80 bits per heavy atom. The lowest BCUT2D eigenvalue weighted by molar-refractivity contribution is 0.0702. The van der Waals surface area contributed by atoms with E-state index in [-0.39, 0.29) is 15.1 Å². The first-order valence-corrected chi connectivity index (χ1v) is 7.08. The van der Waals surface area contributed by atoms with Crippen LogP contribution < -0.4 is 4.74 Å². The molecule has 0 atom stereocenters. The van der Waals surface area contributed by atoms with E-state index in [2.05, 4.69) is 4.98 Å². The molecule has 2 heterocycles. The zero-order valence-corrected chi connectivity index (χ0v) is 12.4. The Morgan fingerprint density at radius 1 is 1.40 bits per heavy atom. The molecular weight excluding hydrogens is 321 g/mol. The summed E-state index contributed by atoms with van der Waals surface area (Å²) in [4.78, 5) is 15.5. The van der Waals surface area contributed by atoms with E-state index >= 15 is 0 Å². The van der Waals surface area contributed by atoms with Crippen LogP contribution in [-0.2, 0) is 0 Å². The fourth-order valence-corrected chi connectivity index (χ4v) is 3.88. The number of hydrogen-bond acceptors (Lipinski definition) is 4. The third kappa shape index (κ3) is 1.90. The lowest BCUT2D eigenvalue weighted by atomic mass is 10.2. The van der Waals surface area contributed by atoms with Crippen molar-refractivity contribution in [3.63, 3.8) is 0 Å². The van der Waals surface area contributed by atoms with Gasteiger partial charge in [-0.15, -0.1) is 11.3 Å². The normalized spacial score (nSPS) is 11.2. The number of fused-ring (bicyclic) bond motifs is 3. The Hall–Kier alpha value is -1.56. The summed E-state index contributed by atoms with van der Waals surface area (Å²) < 4.78 is 5.88. The third-order valence-corrected chi connectivity index (χ3v) is 4.89. The minimum Gasteiger partial charge on any atom is -0.497 e. The van der Waals surface area contributed by atoms with Crippen molar-refractivity contribution in [3.05, 3.63) is 33.3 Å². The number of rotatable bonds is 2. The maximum absolute atomic E-state index is 11.2. The van der Waals surface area contributed by atoms with Crippen molar-refractivity contribution in [3.8, 4) is 5.75 Å². The molecule has 1 N–H and O–H groups in total. The summed E-state index contributed by atoms with van der Waals surface area (Å²) in [6, 6.07) is 5.33. The van der Waals surface area contributed by atoms with E-state index in [0.717, 1.165) is 16.7 Å². The number of hydrogen-bond donors (Lipinski definition) is 1. The van der Waals surface area contributed by atoms with Crippen LogP contribution in [-0.4, -0.2) is 23.2 Å². The Bertz CT molecular complexity index is 860. The Balaban J connectivity index is 2.51. The van der Waals surface area contributed by atoms with Crippen LogP contribution in [0.4, 0.5) is 0 Å². The number of pyridine rings is 1. The predicted octanol–water partition coefficient (Wildman–Crippen LogP) is 4.46. The first-order chi connectivity index (χ1) is 9.52. The van der Waals surface area contributed by atoms with Gasteiger partial charge in [0.15, 0.2) is 0 Å². The summed E-state index contributed by atoms with van der Waals surface area (Å²) in [5.74, 6) is -0.423. The number of benzene rings is 1. The third-order valence-electron chi connectivity index (χ3n) is 2.92. The molecule has 0 aliphatic rings. The largest absolute Gasteiger partial charge is 0.497 e. The number of nitrogens with zero attached hydrogens (tertiary/aromatic N) is 1. The van der Waals surface area contributed by atoms with Crippen molar-refractivity contribution in [2.45, 2.75) is 0 Å². The SMILES string of the molecule is COc1ccc2nc(Cl)c3c(Cl)c(C(=O)O)sc3c2c1. The molecular formula is C13H7Cl2NO3S. The second-order valence-corrected chi connectivity index (χ2v) is 5.80. The highest BCUT2D eigenvalue weighted by molar-refractivity contribution is 7.22. The lowest BCUT2D eigenvalue weighted by Crippen LogP contribution is -1.91. The minimum atomic E-state index is -1.08. The average molecular weight is 328 g/mol. The van der Waals surface area contributed by atoms with Crippen molar-refractivity contribution in [1.29, 1.82) is 0 Å². The second-order valence-electron chi connectivity index (χ2n) is 4.04. The van der Waals surface area contributed by atoms with Crippen molar-refractivity contribution < 1.29 is 14.6 Å². The zero-order chi connectivity index (χ0) is 14.4. The minimum absolute atomic E-state index is 0.0562. The molecule has 20 heavy (non-hydrogen) atoms. The first-order valence-electron chi connectivity index (χ1n) is 5.51. The van der Waals surface area contributed by atoms with Gasteiger partial charge in [-0.25, -0.2) is 9.78 Å². The number of aromatic nitrogens is 1. The van der Waals surface area contributed by atoms with Gasteiger partial charge in [-0.05, 0) is 18.2 Å². The van der Waals surface area contributed by atoms with E-state index in [0.29, 0.717) is 21.4 Å². The number of carbonyl (C=O) groups is 1. The molecule has 7 heteroatoms. The summed E-state index contributed by atoms with van der Waals surface area (Å²) in [6.45, 7) is 0. The molecule has 0 aliphatic heterocycles. The van der Waals surface area contributed by atoms with Crippen molar-refractivity contribution in [2.24, 2.45) is 0 Å². The average Bonchev–Trinajstić information content (AvgIpc) is 2.77. The molecule has 0 radical (unpaired) electrons. The van der Waals surface area contributed by atoms with Gasteiger partial charge in [0.2, 0.25) is 0 Å². The zero-order valence-electron chi connectivity index (χ0n) is 10.1. The number of thiophene rings is 1. The van der Waals surface area contributed by atoms with E-state index in [1.165, 1.54) is 0 Å². The van der Waals surface area contributed by atoms with Gasteiger partial charge >= 0.3 is 5.97 Å². The number of ether oxygens (including phenoxy) is 1. The van der Waals surface area contributed by atoms with E-state index < -0.39 is 5.97 Å². The molecule has 1 aromatic carbocycles. The number of aromatic carboxylic acids is 1. The number of methoxy groups -OCH3 is 1. The first kappa shape index (κ1) is 13.4. The van der Waals surface area contributed by atoms with Crippen LogP contribution in [0.3, 0.4) is 0 Å². The maximum atomic E-state index is 11.2. The summed E-state index contributed by atoms with van der Waals surface area (Å²) in [7, 11) is 1.56. The Morgan fingerprint density at radius 2 is 2.15 bits per heavy atom. The standard InChI is InChI=1S/C13H7Cl2NO3S/c1-19-5-2-3-7-6(4-5)10-8(12(15)16-7)9(14)11(20-10)13(17)18/h2-4H,1H3,(H,17,18). The van der Waals surface area contributed by atoms with E-state index in [1.807, 2.05) is 0 Å². The highest BCUT2D eigenvalue weighted by Gasteiger charge is 2.21. The van der Waals surface area contributed by atoms with Gasteiger partial charge in [0, 0.05) is 10.1 Å². The molecule has 102 valence electrons. The van der Waals surface area contributed by atoms with E-state index in [9.17, 15) is 4.79 Å². The van der Waals surface area contributed by atoms with Crippen molar-refractivity contribution >= 4 is 61.5 Å². The van der Waals surface area contributed by atoms with Crippen LogP contribution >= 0.6 is 34.5 Å².